The minimum Gasteiger partial charge on any atom is -0.497 e. The SMILES string of the molecule is COc1cc(NC(=S)NC(=O)c2ccccc2)c(F)c(OC)c1. The zero-order valence-electron chi connectivity index (χ0n) is 12.6. The normalized spacial score (nSPS) is 9.87. The Hall–Kier alpha value is -2.67. The molecule has 120 valence electrons. The van der Waals surface area contributed by atoms with Crippen LogP contribution in [-0.4, -0.2) is 25.2 Å². The molecular formula is C16H15FN2O3S. The Morgan fingerprint density at radius 3 is 2.43 bits per heavy atom. The summed E-state index contributed by atoms with van der Waals surface area (Å²) in [5, 5.41) is 5.07. The Balaban J connectivity index is 2.12. The molecule has 2 aromatic rings. The standard InChI is InChI=1S/C16H15FN2O3S/c1-21-11-8-12(14(17)13(9-11)22-2)18-16(23)19-15(20)10-6-4-3-5-7-10/h3-9H,1-2H3,(H2,18,19,20,23). The van der Waals surface area contributed by atoms with E-state index in [1.165, 1.54) is 26.4 Å². The molecule has 0 radical (unpaired) electrons. The Morgan fingerprint density at radius 1 is 1.13 bits per heavy atom. The number of benzene rings is 2. The summed E-state index contributed by atoms with van der Waals surface area (Å²) in [5.74, 6) is -0.630. The van der Waals surface area contributed by atoms with Crippen molar-refractivity contribution in [1.29, 1.82) is 0 Å². The van der Waals surface area contributed by atoms with Gasteiger partial charge in [-0.3, -0.25) is 10.1 Å². The number of hydrogen-bond donors (Lipinski definition) is 2. The third-order valence-electron chi connectivity index (χ3n) is 2.98. The third kappa shape index (κ3) is 4.17. The summed E-state index contributed by atoms with van der Waals surface area (Å²) in [5.41, 5.74) is 0.486. The van der Waals surface area contributed by atoms with Gasteiger partial charge < -0.3 is 14.8 Å². The second kappa shape index (κ2) is 7.55. The summed E-state index contributed by atoms with van der Waals surface area (Å²) < 4.78 is 24.2. The molecule has 2 rings (SSSR count). The Labute approximate surface area is 138 Å². The van der Waals surface area contributed by atoms with Crippen molar-refractivity contribution < 1.29 is 18.7 Å². The summed E-state index contributed by atoms with van der Waals surface area (Å²) in [7, 11) is 2.79. The van der Waals surface area contributed by atoms with Crippen LogP contribution < -0.4 is 20.1 Å². The largest absolute Gasteiger partial charge is 0.497 e. The van der Waals surface area contributed by atoms with Crippen molar-refractivity contribution in [2.24, 2.45) is 0 Å². The summed E-state index contributed by atoms with van der Waals surface area (Å²) >= 11 is 5.04. The number of anilines is 1. The van der Waals surface area contributed by atoms with Gasteiger partial charge in [-0.15, -0.1) is 0 Å². The molecule has 0 bridgehead atoms. The van der Waals surface area contributed by atoms with Gasteiger partial charge in [-0.2, -0.15) is 0 Å². The van der Waals surface area contributed by atoms with E-state index in [2.05, 4.69) is 10.6 Å². The van der Waals surface area contributed by atoms with E-state index in [4.69, 9.17) is 21.7 Å². The second-order valence-corrected chi connectivity index (χ2v) is 4.87. The van der Waals surface area contributed by atoms with Crippen LogP contribution in [0.15, 0.2) is 42.5 Å². The lowest BCUT2D eigenvalue weighted by Gasteiger charge is -2.13. The first-order chi connectivity index (χ1) is 11.0. The van der Waals surface area contributed by atoms with Gasteiger partial charge in [-0.25, -0.2) is 4.39 Å². The van der Waals surface area contributed by atoms with Gasteiger partial charge in [0, 0.05) is 17.7 Å². The molecule has 2 aromatic carbocycles. The molecule has 0 spiro atoms. The number of halogens is 1. The molecule has 0 saturated carbocycles. The monoisotopic (exact) mass is 334 g/mol. The molecule has 7 heteroatoms. The number of carbonyl (C=O) groups excluding carboxylic acids is 1. The average molecular weight is 334 g/mol. The van der Waals surface area contributed by atoms with Gasteiger partial charge in [-0.05, 0) is 24.4 Å². The number of amides is 1. The molecule has 5 nitrogen and oxygen atoms in total. The van der Waals surface area contributed by atoms with Crippen LogP contribution in [0.1, 0.15) is 10.4 Å². The smallest absolute Gasteiger partial charge is 0.257 e. The molecule has 0 unspecified atom stereocenters. The van der Waals surface area contributed by atoms with Crippen molar-refractivity contribution in [2.45, 2.75) is 0 Å². The first-order valence-corrected chi connectivity index (χ1v) is 7.05. The lowest BCUT2D eigenvalue weighted by molar-refractivity contribution is 0.0977. The van der Waals surface area contributed by atoms with E-state index in [1.54, 1.807) is 30.3 Å². The Kier molecular flexibility index (Phi) is 5.48. The number of thiocarbonyl (C=S) groups is 1. The van der Waals surface area contributed by atoms with Crippen LogP contribution in [0.2, 0.25) is 0 Å². The van der Waals surface area contributed by atoms with Crippen LogP contribution in [-0.2, 0) is 0 Å². The molecule has 0 fully saturated rings. The van der Waals surface area contributed by atoms with Gasteiger partial charge in [-0.1, -0.05) is 18.2 Å². The van der Waals surface area contributed by atoms with E-state index in [0.29, 0.717) is 11.3 Å². The number of hydrogen-bond acceptors (Lipinski definition) is 4. The number of nitrogens with one attached hydrogen (secondary N) is 2. The van der Waals surface area contributed by atoms with E-state index < -0.39 is 11.7 Å². The van der Waals surface area contributed by atoms with Crippen LogP contribution in [0.25, 0.3) is 0 Å². The number of methoxy groups -OCH3 is 2. The number of ether oxygens (including phenoxy) is 2. The summed E-state index contributed by atoms with van der Waals surface area (Å²) in [6.45, 7) is 0. The fraction of sp³-hybridized carbons (Fsp3) is 0.125. The van der Waals surface area contributed by atoms with Crippen molar-refractivity contribution in [3.05, 3.63) is 53.8 Å². The maximum Gasteiger partial charge on any atom is 0.257 e. The van der Waals surface area contributed by atoms with Crippen LogP contribution >= 0.6 is 12.2 Å². The molecule has 0 atom stereocenters. The molecule has 0 saturated heterocycles. The summed E-state index contributed by atoms with van der Waals surface area (Å²) in [4.78, 5) is 12.0. The summed E-state index contributed by atoms with van der Waals surface area (Å²) in [6.07, 6.45) is 0. The van der Waals surface area contributed by atoms with Crippen LogP contribution in [0, 0.1) is 5.82 Å². The number of carbonyl (C=O) groups is 1. The van der Waals surface area contributed by atoms with Crippen molar-refractivity contribution in [3.8, 4) is 11.5 Å². The number of rotatable bonds is 4. The molecule has 0 aliphatic rings. The van der Waals surface area contributed by atoms with Gasteiger partial charge in [0.25, 0.3) is 5.91 Å². The maximum absolute atomic E-state index is 14.2. The fourth-order valence-electron chi connectivity index (χ4n) is 1.85. The highest BCUT2D eigenvalue weighted by Gasteiger charge is 2.14. The van der Waals surface area contributed by atoms with Gasteiger partial charge in [0.2, 0.25) is 0 Å². The van der Waals surface area contributed by atoms with Gasteiger partial charge in [0.05, 0.1) is 19.9 Å². The van der Waals surface area contributed by atoms with Crippen molar-refractivity contribution in [3.63, 3.8) is 0 Å². The topological polar surface area (TPSA) is 59.6 Å². The van der Waals surface area contributed by atoms with Gasteiger partial charge in [0.15, 0.2) is 16.7 Å². The highest BCUT2D eigenvalue weighted by molar-refractivity contribution is 7.80. The Morgan fingerprint density at radius 2 is 1.83 bits per heavy atom. The molecule has 0 heterocycles. The Bertz CT molecular complexity index is 723. The molecule has 1 amide bonds. The first kappa shape index (κ1) is 16.7. The zero-order valence-corrected chi connectivity index (χ0v) is 13.4. The van der Waals surface area contributed by atoms with Crippen LogP contribution in [0.4, 0.5) is 10.1 Å². The molecular weight excluding hydrogens is 319 g/mol. The van der Waals surface area contributed by atoms with Crippen LogP contribution in [0.3, 0.4) is 0 Å². The molecule has 2 N–H and O–H groups in total. The maximum atomic E-state index is 14.2. The van der Waals surface area contributed by atoms with Crippen LogP contribution in [0.5, 0.6) is 11.5 Å². The lowest BCUT2D eigenvalue weighted by atomic mass is 10.2. The van der Waals surface area contributed by atoms with E-state index in [-0.39, 0.29) is 16.5 Å². The van der Waals surface area contributed by atoms with E-state index in [9.17, 15) is 9.18 Å². The third-order valence-corrected chi connectivity index (χ3v) is 3.18. The van der Waals surface area contributed by atoms with E-state index in [1.807, 2.05) is 0 Å². The molecule has 0 aliphatic heterocycles. The van der Waals surface area contributed by atoms with E-state index >= 15 is 0 Å². The zero-order chi connectivity index (χ0) is 16.8. The van der Waals surface area contributed by atoms with E-state index in [0.717, 1.165) is 0 Å². The second-order valence-electron chi connectivity index (χ2n) is 4.47. The quantitative estimate of drug-likeness (QED) is 0.842. The van der Waals surface area contributed by atoms with Gasteiger partial charge in [0.1, 0.15) is 5.75 Å². The van der Waals surface area contributed by atoms with Crippen molar-refractivity contribution in [2.75, 3.05) is 19.5 Å². The minimum atomic E-state index is -0.635. The molecule has 0 aromatic heterocycles. The first-order valence-electron chi connectivity index (χ1n) is 6.64. The predicted molar refractivity (Wildman–Crippen MR) is 89.6 cm³/mol. The fourth-order valence-corrected chi connectivity index (χ4v) is 2.05. The highest BCUT2D eigenvalue weighted by atomic mass is 32.1. The average Bonchev–Trinajstić information content (AvgIpc) is 2.57. The predicted octanol–water partition coefficient (Wildman–Crippen LogP) is 2.97. The lowest BCUT2D eigenvalue weighted by Crippen LogP contribution is -2.34. The van der Waals surface area contributed by atoms with Gasteiger partial charge >= 0.3 is 0 Å². The minimum absolute atomic E-state index is 0.00374. The summed E-state index contributed by atoms with van der Waals surface area (Å²) in [6, 6.07) is 11.4. The molecule has 23 heavy (non-hydrogen) atoms. The molecule has 0 aliphatic carbocycles. The highest BCUT2D eigenvalue weighted by Crippen LogP contribution is 2.30. The van der Waals surface area contributed by atoms with Crippen molar-refractivity contribution >= 4 is 28.9 Å². The van der Waals surface area contributed by atoms with Crippen molar-refractivity contribution in [1.82, 2.24) is 5.32 Å².